The molecular weight excluding hydrogens is 400 g/mol. The summed E-state index contributed by atoms with van der Waals surface area (Å²) in [5, 5.41) is 8.24. The van der Waals surface area contributed by atoms with Crippen molar-refractivity contribution in [3.63, 3.8) is 0 Å². The number of imide groups is 1. The first-order chi connectivity index (χ1) is 15.0. The van der Waals surface area contributed by atoms with Crippen LogP contribution in [-0.2, 0) is 16.1 Å². The minimum atomic E-state index is -0.837. The van der Waals surface area contributed by atoms with Crippen LogP contribution in [0, 0.1) is 0 Å². The lowest BCUT2D eigenvalue weighted by molar-refractivity contribution is -0.135. The number of hydrogen-bond acceptors (Lipinski definition) is 5. The molecule has 1 aliphatic heterocycles. The van der Waals surface area contributed by atoms with Crippen molar-refractivity contribution < 1.29 is 23.6 Å². The molecule has 4 rings (SSSR count). The molecule has 1 aliphatic carbocycles. The van der Waals surface area contributed by atoms with Crippen LogP contribution in [0.3, 0.4) is 0 Å². The Hall–Kier alpha value is -3.62. The summed E-state index contributed by atoms with van der Waals surface area (Å²) in [7, 11) is 0. The quantitative estimate of drug-likeness (QED) is 0.615. The fourth-order valence-corrected chi connectivity index (χ4v) is 4.07. The number of rotatable bonds is 6. The van der Waals surface area contributed by atoms with Gasteiger partial charge in [0.2, 0.25) is 5.91 Å². The first-order valence-electron chi connectivity index (χ1n) is 10.3. The zero-order valence-corrected chi connectivity index (χ0v) is 17.0. The predicted molar refractivity (Wildman–Crippen MR) is 111 cm³/mol. The van der Waals surface area contributed by atoms with Gasteiger partial charge in [0.25, 0.3) is 11.8 Å². The molecule has 9 nitrogen and oxygen atoms in total. The first kappa shape index (κ1) is 20.6. The zero-order valence-electron chi connectivity index (χ0n) is 17.0. The fourth-order valence-electron chi connectivity index (χ4n) is 4.07. The first-order valence-corrected chi connectivity index (χ1v) is 10.3. The number of hydrogen-bond donors (Lipinski definition) is 3. The second kappa shape index (κ2) is 8.63. The van der Waals surface area contributed by atoms with Crippen LogP contribution >= 0.6 is 0 Å². The maximum atomic E-state index is 12.8. The Morgan fingerprint density at radius 3 is 2.65 bits per heavy atom. The third kappa shape index (κ3) is 4.45. The highest BCUT2D eigenvalue weighted by molar-refractivity contribution is 6.09. The SMILES string of the molecule is O=C(CN1C(=O)NC2(CCCCC2)C1=O)NCc1cccc(NC(=O)c2ccco2)c1. The molecule has 2 fully saturated rings. The van der Waals surface area contributed by atoms with Gasteiger partial charge in [-0.3, -0.25) is 19.3 Å². The van der Waals surface area contributed by atoms with Gasteiger partial charge in [0.1, 0.15) is 12.1 Å². The molecule has 1 spiro atoms. The van der Waals surface area contributed by atoms with Crippen molar-refractivity contribution in [2.24, 2.45) is 0 Å². The van der Waals surface area contributed by atoms with Crippen LogP contribution in [0.2, 0.25) is 0 Å². The Morgan fingerprint density at radius 1 is 1.10 bits per heavy atom. The van der Waals surface area contributed by atoms with Crippen LogP contribution in [-0.4, -0.2) is 40.7 Å². The monoisotopic (exact) mass is 424 g/mol. The molecule has 1 aromatic heterocycles. The molecule has 0 unspecified atom stereocenters. The van der Waals surface area contributed by atoms with Gasteiger partial charge in [-0.25, -0.2) is 4.79 Å². The second-order valence-corrected chi connectivity index (χ2v) is 7.87. The van der Waals surface area contributed by atoms with Gasteiger partial charge in [-0.05, 0) is 42.7 Å². The molecule has 3 N–H and O–H groups in total. The van der Waals surface area contributed by atoms with E-state index in [9.17, 15) is 19.2 Å². The van der Waals surface area contributed by atoms with Gasteiger partial charge in [-0.15, -0.1) is 0 Å². The van der Waals surface area contributed by atoms with Gasteiger partial charge in [0.05, 0.1) is 6.26 Å². The average molecular weight is 424 g/mol. The standard InChI is InChI=1S/C22H24N4O5/c27-18(14-26-20(29)22(25-21(26)30)9-2-1-3-10-22)23-13-15-6-4-7-16(12-15)24-19(28)17-8-5-11-31-17/h4-8,11-12H,1-3,9-10,13-14H2,(H,23,27)(H,24,28)(H,25,30). The van der Waals surface area contributed by atoms with Crippen molar-refractivity contribution in [2.75, 3.05) is 11.9 Å². The fraction of sp³-hybridized carbons (Fsp3) is 0.364. The van der Waals surface area contributed by atoms with Gasteiger partial charge in [0.15, 0.2) is 5.76 Å². The minimum absolute atomic E-state index is 0.193. The molecule has 0 atom stereocenters. The zero-order chi connectivity index (χ0) is 21.8. The molecule has 31 heavy (non-hydrogen) atoms. The lowest BCUT2D eigenvalue weighted by Crippen LogP contribution is -2.49. The molecule has 162 valence electrons. The van der Waals surface area contributed by atoms with Crippen molar-refractivity contribution in [2.45, 2.75) is 44.2 Å². The maximum absolute atomic E-state index is 12.8. The summed E-state index contributed by atoms with van der Waals surface area (Å²) in [5.74, 6) is -0.916. The molecule has 2 heterocycles. The van der Waals surface area contributed by atoms with E-state index in [4.69, 9.17) is 4.42 Å². The van der Waals surface area contributed by atoms with Gasteiger partial charge < -0.3 is 20.4 Å². The summed E-state index contributed by atoms with van der Waals surface area (Å²) in [5.41, 5.74) is 0.476. The third-order valence-electron chi connectivity index (χ3n) is 5.67. The molecule has 0 bridgehead atoms. The largest absolute Gasteiger partial charge is 0.459 e. The van der Waals surface area contributed by atoms with Crippen LogP contribution in [0.25, 0.3) is 0 Å². The molecular formula is C22H24N4O5. The van der Waals surface area contributed by atoms with Crippen LogP contribution in [0.4, 0.5) is 10.5 Å². The number of benzene rings is 1. The number of carbonyl (C=O) groups is 4. The molecule has 9 heteroatoms. The number of carbonyl (C=O) groups excluding carboxylic acids is 4. The van der Waals surface area contributed by atoms with E-state index in [1.807, 2.05) is 0 Å². The Balaban J connectivity index is 1.31. The number of amides is 5. The molecule has 0 radical (unpaired) electrons. The van der Waals surface area contributed by atoms with Crippen molar-refractivity contribution in [3.8, 4) is 0 Å². The van der Waals surface area contributed by atoms with Crippen molar-refractivity contribution >= 4 is 29.4 Å². The third-order valence-corrected chi connectivity index (χ3v) is 5.67. The van der Waals surface area contributed by atoms with Crippen LogP contribution in [0.15, 0.2) is 47.1 Å². The smallest absolute Gasteiger partial charge is 0.325 e. The summed E-state index contributed by atoms with van der Waals surface area (Å²) < 4.78 is 5.07. The Morgan fingerprint density at radius 2 is 1.90 bits per heavy atom. The molecule has 1 saturated carbocycles. The van der Waals surface area contributed by atoms with E-state index in [1.165, 1.54) is 6.26 Å². The topological polar surface area (TPSA) is 121 Å². The number of furan rings is 1. The number of nitrogens with zero attached hydrogens (tertiary/aromatic N) is 1. The average Bonchev–Trinajstić information content (AvgIpc) is 3.38. The second-order valence-electron chi connectivity index (χ2n) is 7.87. The van der Waals surface area contributed by atoms with E-state index < -0.39 is 17.5 Å². The summed E-state index contributed by atoms with van der Waals surface area (Å²) in [6.07, 6.45) is 5.48. The summed E-state index contributed by atoms with van der Waals surface area (Å²) in [6, 6.07) is 9.69. The molecule has 2 aliphatic rings. The molecule has 1 aromatic carbocycles. The van der Waals surface area contributed by atoms with Gasteiger partial charge in [-0.2, -0.15) is 0 Å². The normalized spacial score (nSPS) is 17.5. The van der Waals surface area contributed by atoms with E-state index in [0.29, 0.717) is 18.5 Å². The van der Waals surface area contributed by atoms with Crippen molar-refractivity contribution in [1.29, 1.82) is 0 Å². The van der Waals surface area contributed by atoms with E-state index in [0.717, 1.165) is 29.7 Å². The number of anilines is 1. The Kier molecular flexibility index (Phi) is 5.75. The summed E-state index contributed by atoms with van der Waals surface area (Å²) in [4.78, 5) is 50.5. The van der Waals surface area contributed by atoms with Crippen LogP contribution < -0.4 is 16.0 Å². The minimum Gasteiger partial charge on any atom is -0.459 e. The highest BCUT2D eigenvalue weighted by Crippen LogP contribution is 2.33. The molecule has 5 amide bonds. The van der Waals surface area contributed by atoms with Crippen LogP contribution in [0.5, 0.6) is 0 Å². The highest BCUT2D eigenvalue weighted by Gasteiger charge is 2.51. The van der Waals surface area contributed by atoms with E-state index in [-0.39, 0.29) is 30.7 Å². The van der Waals surface area contributed by atoms with Gasteiger partial charge in [-0.1, -0.05) is 31.4 Å². The van der Waals surface area contributed by atoms with E-state index in [2.05, 4.69) is 16.0 Å². The number of urea groups is 1. The van der Waals surface area contributed by atoms with E-state index >= 15 is 0 Å². The van der Waals surface area contributed by atoms with Crippen molar-refractivity contribution in [3.05, 3.63) is 54.0 Å². The lowest BCUT2D eigenvalue weighted by atomic mass is 9.82. The summed E-state index contributed by atoms with van der Waals surface area (Å²) >= 11 is 0. The lowest BCUT2D eigenvalue weighted by Gasteiger charge is -2.30. The highest BCUT2D eigenvalue weighted by atomic mass is 16.3. The summed E-state index contributed by atoms with van der Waals surface area (Å²) in [6.45, 7) is -0.126. The molecule has 1 saturated heterocycles. The van der Waals surface area contributed by atoms with E-state index in [1.54, 1.807) is 36.4 Å². The van der Waals surface area contributed by atoms with Crippen molar-refractivity contribution in [1.82, 2.24) is 15.5 Å². The van der Waals surface area contributed by atoms with Gasteiger partial charge in [0, 0.05) is 12.2 Å². The number of nitrogens with one attached hydrogen (secondary N) is 3. The van der Waals surface area contributed by atoms with Crippen LogP contribution in [0.1, 0.15) is 48.2 Å². The van der Waals surface area contributed by atoms with Gasteiger partial charge >= 0.3 is 6.03 Å². The molecule has 2 aromatic rings. The predicted octanol–water partition coefficient (Wildman–Crippen LogP) is 2.40. The Labute approximate surface area is 179 Å². The maximum Gasteiger partial charge on any atom is 0.325 e. The Bertz CT molecular complexity index is 995.